The van der Waals surface area contributed by atoms with E-state index >= 15 is 0 Å². The van der Waals surface area contributed by atoms with E-state index in [0.29, 0.717) is 6.42 Å². The van der Waals surface area contributed by atoms with E-state index in [-0.39, 0.29) is 26.2 Å². The predicted octanol–water partition coefficient (Wildman–Crippen LogP) is 2.34. The molecule has 0 rings (SSSR count). The van der Waals surface area contributed by atoms with Gasteiger partial charge in [-0.05, 0) is 27.2 Å². The molecule has 8 heteroatoms. The van der Waals surface area contributed by atoms with Crippen molar-refractivity contribution < 1.29 is 38.5 Å². The van der Waals surface area contributed by atoms with E-state index in [0.717, 1.165) is 25.7 Å². The number of hydrogen-bond acceptors (Lipinski definition) is 8. The van der Waals surface area contributed by atoms with Crippen LogP contribution in [0, 0.1) is 5.92 Å². The van der Waals surface area contributed by atoms with Crippen molar-refractivity contribution in [1.29, 1.82) is 0 Å². The van der Waals surface area contributed by atoms with E-state index in [1.165, 1.54) is 6.92 Å². The number of unbranched alkanes of at least 4 members (excludes halogenated alkanes) is 4. The summed E-state index contributed by atoms with van der Waals surface area (Å²) in [5.41, 5.74) is -2.67. The number of esters is 3. The number of rotatable bonds is 15. The van der Waals surface area contributed by atoms with Gasteiger partial charge in [0.2, 0.25) is 0 Å². The van der Waals surface area contributed by atoms with Crippen molar-refractivity contribution in [3.63, 3.8) is 0 Å². The molecule has 0 aromatic carbocycles. The first kappa shape index (κ1) is 26.0. The smallest absolute Gasteiger partial charge is 0.340 e. The van der Waals surface area contributed by atoms with Crippen molar-refractivity contribution in [3.05, 3.63) is 0 Å². The van der Waals surface area contributed by atoms with Crippen LogP contribution in [0.4, 0.5) is 0 Å². The van der Waals surface area contributed by atoms with Crippen LogP contribution < -0.4 is 0 Å². The van der Waals surface area contributed by atoms with Crippen LogP contribution >= 0.6 is 0 Å². The minimum Gasteiger partial charge on any atom is -0.466 e. The standard InChI is InChI=1S/C20H34O8/c1-5-9-10-11-12-13-15(21)17(18(23)27-7-3)20(25,19(24)28-8-4)14-16(22)26-6-2/h17,25H,5-14H2,1-4H3. The molecule has 0 heterocycles. The molecule has 0 aromatic heterocycles. The Morgan fingerprint density at radius 1 is 0.821 bits per heavy atom. The van der Waals surface area contributed by atoms with Crippen LogP contribution in [0.25, 0.3) is 0 Å². The molecule has 0 saturated carbocycles. The van der Waals surface area contributed by atoms with E-state index in [1.54, 1.807) is 13.8 Å². The lowest BCUT2D eigenvalue weighted by atomic mass is 9.80. The number of ether oxygens (including phenoxy) is 3. The highest BCUT2D eigenvalue weighted by Crippen LogP contribution is 2.29. The zero-order valence-corrected chi connectivity index (χ0v) is 17.5. The van der Waals surface area contributed by atoms with E-state index < -0.39 is 41.6 Å². The molecule has 8 nitrogen and oxygen atoms in total. The van der Waals surface area contributed by atoms with Gasteiger partial charge in [0.05, 0.1) is 26.2 Å². The quantitative estimate of drug-likeness (QED) is 0.192. The number of hydrogen-bond donors (Lipinski definition) is 1. The summed E-state index contributed by atoms with van der Waals surface area (Å²) in [5.74, 6) is -5.69. The Labute approximate surface area is 166 Å². The van der Waals surface area contributed by atoms with Crippen molar-refractivity contribution in [2.45, 2.75) is 78.2 Å². The summed E-state index contributed by atoms with van der Waals surface area (Å²) in [6.07, 6.45) is 3.42. The molecule has 0 spiro atoms. The monoisotopic (exact) mass is 402 g/mol. The normalized spacial score (nSPS) is 13.9. The molecule has 0 amide bonds. The van der Waals surface area contributed by atoms with Gasteiger partial charge in [-0.25, -0.2) is 4.79 Å². The fourth-order valence-corrected chi connectivity index (χ4v) is 2.85. The molecule has 28 heavy (non-hydrogen) atoms. The van der Waals surface area contributed by atoms with E-state index in [4.69, 9.17) is 14.2 Å². The average Bonchev–Trinajstić information content (AvgIpc) is 2.62. The Hall–Kier alpha value is -1.96. The highest BCUT2D eigenvalue weighted by atomic mass is 16.6. The van der Waals surface area contributed by atoms with E-state index in [1.807, 2.05) is 0 Å². The third-order valence-corrected chi connectivity index (χ3v) is 4.20. The van der Waals surface area contributed by atoms with Crippen molar-refractivity contribution in [1.82, 2.24) is 0 Å². The highest BCUT2D eigenvalue weighted by molar-refractivity contribution is 6.06. The van der Waals surface area contributed by atoms with Crippen molar-refractivity contribution in [2.24, 2.45) is 5.92 Å². The minimum absolute atomic E-state index is 0.0161. The molecule has 1 N–H and O–H groups in total. The Morgan fingerprint density at radius 3 is 1.93 bits per heavy atom. The summed E-state index contributed by atoms with van der Waals surface area (Å²) in [6, 6.07) is 0. The first-order valence-electron chi connectivity index (χ1n) is 10.0. The summed E-state index contributed by atoms with van der Waals surface area (Å²) in [6.45, 7) is 6.56. The van der Waals surface area contributed by atoms with Crippen LogP contribution in [0.3, 0.4) is 0 Å². The van der Waals surface area contributed by atoms with Crippen LogP contribution in [0.15, 0.2) is 0 Å². The zero-order chi connectivity index (χ0) is 21.6. The van der Waals surface area contributed by atoms with Crippen molar-refractivity contribution >= 4 is 23.7 Å². The maximum atomic E-state index is 12.8. The number of aliphatic hydroxyl groups is 1. The van der Waals surface area contributed by atoms with Crippen LogP contribution in [-0.2, 0) is 33.4 Å². The second kappa shape index (κ2) is 14.1. The molecule has 0 fully saturated rings. The number of carbonyl (C=O) groups excluding carboxylic acids is 4. The number of carbonyl (C=O) groups is 4. The SMILES string of the molecule is CCCCCCCC(=O)C(C(=O)OCC)C(O)(CC(=O)OCC)C(=O)OCC. The van der Waals surface area contributed by atoms with Gasteiger partial charge in [0.1, 0.15) is 0 Å². The Balaban J connectivity index is 5.63. The van der Waals surface area contributed by atoms with E-state index in [2.05, 4.69) is 6.92 Å². The molecule has 162 valence electrons. The topological polar surface area (TPSA) is 116 Å². The largest absolute Gasteiger partial charge is 0.466 e. The summed E-state index contributed by atoms with van der Waals surface area (Å²) < 4.78 is 14.5. The molecule has 0 bridgehead atoms. The molecule has 0 aliphatic carbocycles. The van der Waals surface area contributed by atoms with Gasteiger partial charge in [0.25, 0.3) is 0 Å². The zero-order valence-electron chi connectivity index (χ0n) is 17.5. The third-order valence-electron chi connectivity index (χ3n) is 4.20. The van der Waals surface area contributed by atoms with Crippen LogP contribution in [-0.4, -0.2) is 54.2 Å². The second-order valence-electron chi connectivity index (χ2n) is 6.44. The lowest BCUT2D eigenvalue weighted by molar-refractivity contribution is -0.187. The molecular formula is C20H34O8. The first-order valence-corrected chi connectivity index (χ1v) is 10.0. The lowest BCUT2D eigenvalue weighted by Crippen LogP contribution is -2.55. The van der Waals surface area contributed by atoms with Crippen molar-refractivity contribution in [2.75, 3.05) is 19.8 Å². The van der Waals surface area contributed by atoms with Gasteiger partial charge in [-0.15, -0.1) is 0 Å². The van der Waals surface area contributed by atoms with Gasteiger partial charge in [-0.3, -0.25) is 14.4 Å². The molecule has 0 aliphatic rings. The highest BCUT2D eigenvalue weighted by Gasteiger charge is 2.55. The molecule has 2 atom stereocenters. The molecule has 2 unspecified atom stereocenters. The van der Waals surface area contributed by atoms with Crippen molar-refractivity contribution in [3.8, 4) is 0 Å². The van der Waals surface area contributed by atoms with Gasteiger partial charge >= 0.3 is 17.9 Å². The van der Waals surface area contributed by atoms with E-state index in [9.17, 15) is 24.3 Å². The number of ketones is 1. The van der Waals surface area contributed by atoms with Crippen LogP contribution in [0.2, 0.25) is 0 Å². The minimum atomic E-state index is -2.67. The summed E-state index contributed by atoms with van der Waals surface area (Å²) in [5, 5.41) is 11.0. The lowest BCUT2D eigenvalue weighted by Gasteiger charge is -2.30. The summed E-state index contributed by atoms with van der Waals surface area (Å²) >= 11 is 0. The Bertz CT molecular complexity index is 516. The fraction of sp³-hybridized carbons (Fsp3) is 0.800. The molecule has 0 aliphatic heterocycles. The molecular weight excluding hydrogens is 368 g/mol. The molecule has 0 saturated heterocycles. The van der Waals surface area contributed by atoms with Gasteiger partial charge < -0.3 is 19.3 Å². The second-order valence-corrected chi connectivity index (χ2v) is 6.44. The third kappa shape index (κ3) is 8.37. The first-order chi connectivity index (χ1) is 13.3. The van der Waals surface area contributed by atoms with Gasteiger partial charge in [0.15, 0.2) is 17.3 Å². The predicted molar refractivity (Wildman–Crippen MR) is 101 cm³/mol. The van der Waals surface area contributed by atoms with Gasteiger partial charge in [-0.1, -0.05) is 32.6 Å². The summed E-state index contributed by atoms with van der Waals surface area (Å²) in [4.78, 5) is 49.6. The Kier molecular flexibility index (Phi) is 13.1. The molecule has 0 aromatic rings. The van der Waals surface area contributed by atoms with Gasteiger partial charge in [-0.2, -0.15) is 0 Å². The Morgan fingerprint density at radius 2 is 1.39 bits per heavy atom. The maximum absolute atomic E-state index is 12.8. The van der Waals surface area contributed by atoms with Crippen LogP contribution in [0.1, 0.15) is 72.6 Å². The van der Waals surface area contributed by atoms with Crippen LogP contribution in [0.5, 0.6) is 0 Å². The maximum Gasteiger partial charge on any atom is 0.340 e. The number of Topliss-reactive ketones (excluding diaryl/α,β-unsaturated/α-hetero) is 1. The fourth-order valence-electron chi connectivity index (χ4n) is 2.85. The average molecular weight is 402 g/mol. The molecule has 0 radical (unpaired) electrons. The van der Waals surface area contributed by atoms with Gasteiger partial charge in [0, 0.05) is 6.42 Å². The summed E-state index contributed by atoms with van der Waals surface area (Å²) in [7, 11) is 0.